The van der Waals surface area contributed by atoms with E-state index in [1.165, 1.54) is 12.0 Å². The number of anilines is 1. The highest BCUT2D eigenvalue weighted by atomic mass is 16.5. The third kappa shape index (κ3) is 6.37. The zero-order chi connectivity index (χ0) is 32.5. The van der Waals surface area contributed by atoms with Crippen molar-refractivity contribution in [3.05, 3.63) is 77.4 Å². The topological polar surface area (TPSA) is 94.2 Å². The molecule has 1 saturated carbocycles. The second kappa shape index (κ2) is 13.5. The molecule has 2 aromatic carbocycles. The highest BCUT2D eigenvalue weighted by Gasteiger charge is 2.72. The van der Waals surface area contributed by atoms with E-state index < -0.39 is 29.6 Å². The molecule has 47 heavy (non-hydrogen) atoms. The Kier molecular flexibility index (Phi) is 9.22. The molecule has 5 aliphatic rings. The largest absolute Gasteiger partial charge is 0.359 e. The number of nitrogens with one attached hydrogen (secondary N) is 2. The summed E-state index contributed by atoms with van der Waals surface area (Å²) in [6.07, 6.45) is 9.34. The first-order valence-corrected chi connectivity index (χ1v) is 17.7. The number of benzene rings is 2. The van der Waals surface area contributed by atoms with Gasteiger partial charge in [0.15, 0.2) is 0 Å². The van der Waals surface area contributed by atoms with E-state index in [1.54, 1.807) is 4.90 Å². The number of fused-ring (bicyclic) bond motifs is 1. The van der Waals surface area contributed by atoms with Crippen molar-refractivity contribution in [1.29, 1.82) is 0 Å². The van der Waals surface area contributed by atoms with Gasteiger partial charge in [-0.15, -0.1) is 0 Å². The third-order valence-corrected chi connectivity index (χ3v) is 11.2. The van der Waals surface area contributed by atoms with Gasteiger partial charge in [-0.2, -0.15) is 0 Å². The van der Waals surface area contributed by atoms with Crippen molar-refractivity contribution in [2.24, 2.45) is 11.8 Å². The predicted molar refractivity (Wildman–Crippen MR) is 182 cm³/mol. The van der Waals surface area contributed by atoms with Crippen molar-refractivity contribution < 1.29 is 19.1 Å². The van der Waals surface area contributed by atoms with Crippen LogP contribution in [0.4, 0.5) is 5.69 Å². The summed E-state index contributed by atoms with van der Waals surface area (Å²) in [7, 11) is 0. The van der Waals surface area contributed by atoms with Gasteiger partial charge in [-0.1, -0.05) is 67.8 Å². The number of likely N-dealkylation sites (tertiary alicyclic amines) is 1. The van der Waals surface area contributed by atoms with Crippen LogP contribution in [-0.4, -0.2) is 95.5 Å². The summed E-state index contributed by atoms with van der Waals surface area (Å²) in [4.78, 5) is 49.1. The maximum atomic E-state index is 14.4. The Hall–Kier alpha value is -3.53. The SMILES string of the molecule is Cc1ccc(NC(=O)[C@@H]2[C@@H]3C=C[C@]4(O3)[C@@H]2C(=O)N(CCCN2CCN(Cc3ccccc3)CC2)[C@@H]4C(=O)NC2CCCCC2)cc1C. The van der Waals surface area contributed by atoms with Crippen molar-refractivity contribution in [1.82, 2.24) is 20.0 Å². The third-order valence-electron chi connectivity index (χ3n) is 11.2. The fraction of sp³-hybridized carbons (Fsp3) is 0.553. The highest BCUT2D eigenvalue weighted by Crippen LogP contribution is 2.55. The van der Waals surface area contributed by atoms with Gasteiger partial charge in [0, 0.05) is 51.0 Å². The summed E-state index contributed by atoms with van der Waals surface area (Å²) < 4.78 is 6.57. The molecule has 3 saturated heterocycles. The summed E-state index contributed by atoms with van der Waals surface area (Å²) in [5, 5.41) is 6.36. The minimum atomic E-state index is -1.13. The Morgan fingerprint density at radius 3 is 2.38 bits per heavy atom. The van der Waals surface area contributed by atoms with E-state index in [0.29, 0.717) is 12.2 Å². The van der Waals surface area contributed by atoms with E-state index >= 15 is 0 Å². The van der Waals surface area contributed by atoms with Crippen LogP contribution < -0.4 is 10.6 Å². The number of aryl methyl sites for hydroxylation is 2. The molecule has 9 heteroatoms. The molecule has 4 heterocycles. The molecule has 1 aliphatic carbocycles. The maximum Gasteiger partial charge on any atom is 0.246 e. The first-order chi connectivity index (χ1) is 22.8. The van der Waals surface area contributed by atoms with Crippen molar-refractivity contribution >= 4 is 23.4 Å². The molecular weight excluding hydrogens is 590 g/mol. The van der Waals surface area contributed by atoms with Crippen LogP contribution in [0.5, 0.6) is 0 Å². The van der Waals surface area contributed by atoms with Gasteiger partial charge in [-0.05, 0) is 68.5 Å². The summed E-state index contributed by atoms with van der Waals surface area (Å²) in [6.45, 7) is 10.3. The van der Waals surface area contributed by atoms with Gasteiger partial charge in [0.2, 0.25) is 17.7 Å². The Labute approximate surface area is 278 Å². The molecule has 3 amide bonds. The van der Waals surface area contributed by atoms with Crippen LogP contribution in [0.2, 0.25) is 0 Å². The summed E-state index contributed by atoms with van der Waals surface area (Å²) in [6, 6.07) is 15.8. The molecule has 2 bridgehead atoms. The first-order valence-electron chi connectivity index (χ1n) is 17.7. The number of hydrogen-bond acceptors (Lipinski definition) is 6. The molecule has 4 aliphatic heterocycles. The number of rotatable bonds is 10. The predicted octanol–water partition coefficient (Wildman–Crippen LogP) is 4.05. The van der Waals surface area contributed by atoms with Crippen LogP contribution in [0, 0.1) is 25.7 Å². The van der Waals surface area contributed by atoms with Crippen molar-refractivity contribution in [3.8, 4) is 0 Å². The van der Waals surface area contributed by atoms with Gasteiger partial charge >= 0.3 is 0 Å². The molecule has 0 unspecified atom stereocenters. The van der Waals surface area contributed by atoms with Gasteiger partial charge in [0.1, 0.15) is 11.6 Å². The zero-order valence-corrected chi connectivity index (χ0v) is 27.8. The van der Waals surface area contributed by atoms with E-state index in [2.05, 4.69) is 50.8 Å². The molecule has 9 nitrogen and oxygen atoms in total. The zero-order valence-electron chi connectivity index (χ0n) is 27.8. The summed E-state index contributed by atoms with van der Waals surface area (Å²) >= 11 is 0. The lowest BCUT2D eigenvalue weighted by Gasteiger charge is -2.36. The van der Waals surface area contributed by atoms with Gasteiger partial charge in [0.05, 0.1) is 17.9 Å². The van der Waals surface area contributed by atoms with Crippen molar-refractivity contribution in [2.45, 2.75) is 82.7 Å². The molecule has 0 radical (unpaired) electrons. The molecular formula is C38H49N5O4. The maximum absolute atomic E-state index is 14.4. The van der Waals surface area contributed by atoms with Crippen LogP contribution in [-0.2, 0) is 25.7 Å². The number of ether oxygens (including phenoxy) is 1. The molecule has 1 spiro atoms. The number of carbonyl (C=O) groups is 3. The molecule has 5 atom stereocenters. The molecule has 4 fully saturated rings. The van der Waals surface area contributed by atoms with E-state index in [9.17, 15) is 14.4 Å². The van der Waals surface area contributed by atoms with Crippen LogP contribution in [0.1, 0.15) is 55.2 Å². The number of amides is 3. The molecule has 2 aromatic rings. The molecule has 0 aromatic heterocycles. The number of nitrogens with zero attached hydrogens (tertiary/aromatic N) is 3. The van der Waals surface area contributed by atoms with Crippen molar-refractivity contribution in [2.75, 3.05) is 44.6 Å². The fourth-order valence-corrected chi connectivity index (χ4v) is 8.56. The first kappa shape index (κ1) is 32.0. The van der Waals surface area contributed by atoms with Crippen LogP contribution in [0.15, 0.2) is 60.7 Å². The Balaban J connectivity index is 1.04. The van der Waals surface area contributed by atoms with E-state index in [0.717, 1.165) is 82.5 Å². The monoisotopic (exact) mass is 639 g/mol. The van der Waals surface area contributed by atoms with Crippen LogP contribution in [0.3, 0.4) is 0 Å². The smallest absolute Gasteiger partial charge is 0.246 e. The Bertz CT molecular complexity index is 1500. The lowest BCUT2D eigenvalue weighted by molar-refractivity contribution is -0.141. The summed E-state index contributed by atoms with van der Waals surface area (Å²) in [5.41, 5.74) is 3.15. The van der Waals surface area contributed by atoms with E-state index in [-0.39, 0.29) is 23.8 Å². The number of piperazine rings is 1. The standard InChI is InChI=1S/C38H49N5O4/c1-26-14-15-30(24-27(26)2)40-35(44)32-31-16-17-38(47-31)33(32)37(46)43(34(38)36(45)39-29-12-7-4-8-13-29)19-9-18-41-20-22-42(23-21-41)25-28-10-5-3-6-11-28/h3,5-6,10-11,14-17,24,29,31-34H,4,7-9,12-13,18-23,25H2,1-2H3,(H,39,45)(H,40,44)/t31-,32+,33-,34+,38-/m0/s1. The summed E-state index contributed by atoms with van der Waals surface area (Å²) in [5.74, 6) is -1.95. The minimum absolute atomic E-state index is 0.113. The molecule has 7 rings (SSSR count). The van der Waals surface area contributed by atoms with E-state index in [4.69, 9.17) is 4.74 Å². The average molecular weight is 640 g/mol. The second-order valence-electron chi connectivity index (χ2n) is 14.3. The van der Waals surface area contributed by atoms with Crippen LogP contribution >= 0.6 is 0 Å². The van der Waals surface area contributed by atoms with Crippen LogP contribution in [0.25, 0.3) is 0 Å². The molecule has 250 valence electrons. The van der Waals surface area contributed by atoms with Gasteiger partial charge in [0.25, 0.3) is 0 Å². The normalized spacial score (nSPS) is 29.3. The van der Waals surface area contributed by atoms with Gasteiger partial charge in [-0.25, -0.2) is 0 Å². The molecule has 2 N–H and O–H groups in total. The second-order valence-corrected chi connectivity index (χ2v) is 14.3. The lowest BCUT2D eigenvalue weighted by Crippen LogP contribution is -2.56. The average Bonchev–Trinajstić information content (AvgIpc) is 3.72. The van der Waals surface area contributed by atoms with Gasteiger partial charge in [-0.3, -0.25) is 19.3 Å². The number of carbonyl (C=O) groups excluding carboxylic acids is 3. The van der Waals surface area contributed by atoms with E-state index in [1.807, 2.05) is 44.2 Å². The fourth-order valence-electron chi connectivity index (χ4n) is 8.56. The Morgan fingerprint density at radius 2 is 1.64 bits per heavy atom. The minimum Gasteiger partial charge on any atom is -0.359 e. The Morgan fingerprint density at radius 1 is 0.894 bits per heavy atom. The highest BCUT2D eigenvalue weighted by molar-refractivity contribution is 6.02. The lowest BCUT2D eigenvalue weighted by atomic mass is 9.74. The number of hydrogen-bond donors (Lipinski definition) is 2. The van der Waals surface area contributed by atoms with Crippen molar-refractivity contribution in [3.63, 3.8) is 0 Å². The van der Waals surface area contributed by atoms with Gasteiger partial charge < -0.3 is 25.2 Å². The quantitative estimate of drug-likeness (QED) is 0.381.